The van der Waals surface area contributed by atoms with Gasteiger partial charge < -0.3 is 15.4 Å². The van der Waals surface area contributed by atoms with Crippen molar-refractivity contribution in [1.29, 1.82) is 0 Å². The fourth-order valence-corrected chi connectivity index (χ4v) is 2.27. The number of aryl methyl sites for hydroxylation is 2. The smallest absolute Gasteiger partial charge is 0.244 e. The van der Waals surface area contributed by atoms with E-state index in [2.05, 4.69) is 31.9 Å². The predicted molar refractivity (Wildman–Crippen MR) is 84.4 cm³/mol. The van der Waals surface area contributed by atoms with E-state index in [1.807, 2.05) is 19.9 Å². The Kier molecular flexibility index (Phi) is 5.30. The van der Waals surface area contributed by atoms with Crippen LogP contribution >= 0.6 is 11.6 Å². The Bertz CT molecular complexity index is 597. The van der Waals surface area contributed by atoms with E-state index >= 15 is 0 Å². The van der Waals surface area contributed by atoms with Gasteiger partial charge in [0, 0.05) is 13.7 Å². The van der Waals surface area contributed by atoms with Gasteiger partial charge >= 0.3 is 0 Å². The van der Waals surface area contributed by atoms with E-state index in [0.717, 1.165) is 16.8 Å². The largest absolute Gasteiger partial charge is 0.383 e. The summed E-state index contributed by atoms with van der Waals surface area (Å²) in [6, 6.07) is 3.96. The molecule has 2 aromatic rings. The van der Waals surface area contributed by atoms with Gasteiger partial charge in [0.15, 0.2) is 5.82 Å². The van der Waals surface area contributed by atoms with Gasteiger partial charge in [-0.1, -0.05) is 17.7 Å². The van der Waals surface area contributed by atoms with Crippen molar-refractivity contribution in [3.8, 4) is 0 Å². The number of ether oxygens (including phenoxy) is 1. The van der Waals surface area contributed by atoms with Crippen molar-refractivity contribution in [2.24, 2.45) is 0 Å². The second-order valence-electron chi connectivity index (χ2n) is 4.65. The van der Waals surface area contributed by atoms with Gasteiger partial charge in [-0.05, 0) is 31.0 Å². The first kappa shape index (κ1) is 15.5. The summed E-state index contributed by atoms with van der Waals surface area (Å²) in [6.07, 6.45) is 1.55. The maximum Gasteiger partial charge on any atom is 0.244 e. The van der Waals surface area contributed by atoms with Crippen LogP contribution in [-0.4, -0.2) is 35.4 Å². The molecule has 6 nitrogen and oxygen atoms in total. The topological polar surface area (TPSA) is 72.0 Å². The van der Waals surface area contributed by atoms with Crippen LogP contribution in [-0.2, 0) is 4.74 Å². The Morgan fingerprint density at radius 2 is 2.10 bits per heavy atom. The number of nitrogens with one attached hydrogen (secondary N) is 2. The molecule has 1 heterocycles. The zero-order valence-electron chi connectivity index (χ0n) is 12.3. The quantitative estimate of drug-likeness (QED) is 0.800. The van der Waals surface area contributed by atoms with Crippen molar-refractivity contribution >= 4 is 29.1 Å². The van der Waals surface area contributed by atoms with E-state index < -0.39 is 0 Å². The minimum Gasteiger partial charge on any atom is -0.383 e. The van der Waals surface area contributed by atoms with Crippen LogP contribution in [0.3, 0.4) is 0 Å². The van der Waals surface area contributed by atoms with Gasteiger partial charge in [-0.2, -0.15) is 10.1 Å². The van der Waals surface area contributed by atoms with E-state index in [1.54, 1.807) is 13.3 Å². The van der Waals surface area contributed by atoms with E-state index in [9.17, 15) is 0 Å². The number of anilines is 3. The van der Waals surface area contributed by atoms with Crippen LogP contribution in [0.15, 0.2) is 18.3 Å². The molecule has 2 rings (SSSR count). The Labute approximate surface area is 128 Å². The molecular formula is C14H18ClN5O. The lowest BCUT2D eigenvalue weighted by molar-refractivity contribution is 0.210. The predicted octanol–water partition coefficient (Wildman–Crippen LogP) is 2.94. The fourth-order valence-electron chi connectivity index (χ4n) is 1.91. The summed E-state index contributed by atoms with van der Waals surface area (Å²) in [5, 5.41) is 14.7. The van der Waals surface area contributed by atoms with Crippen LogP contribution in [0.2, 0.25) is 5.02 Å². The molecule has 21 heavy (non-hydrogen) atoms. The fraction of sp³-hybridized carbons (Fsp3) is 0.357. The molecule has 0 unspecified atom stereocenters. The molecule has 0 radical (unpaired) electrons. The molecule has 0 bridgehead atoms. The third-order valence-electron chi connectivity index (χ3n) is 2.83. The molecular weight excluding hydrogens is 290 g/mol. The third kappa shape index (κ3) is 4.27. The van der Waals surface area contributed by atoms with Gasteiger partial charge in [-0.3, -0.25) is 0 Å². The number of nitrogens with zero attached hydrogens (tertiary/aromatic N) is 3. The molecule has 0 aliphatic carbocycles. The summed E-state index contributed by atoms with van der Waals surface area (Å²) in [7, 11) is 1.64. The average Bonchev–Trinajstić information content (AvgIpc) is 2.44. The number of halogens is 1. The van der Waals surface area contributed by atoms with Crippen LogP contribution < -0.4 is 10.6 Å². The minimum absolute atomic E-state index is 0.443. The number of rotatable bonds is 6. The Balaban J connectivity index is 2.15. The van der Waals surface area contributed by atoms with Gasteiger partial charge in [0.2, 0.25) is 5.95 Å². The summed E-state index contributed by atoms with van der Waals surface area (Å²) in [5.41, 5.74) is 2.99. The molecule has 1 aromatic heterocycles. The first-order valence-corrected chi connectivity index (χ1v) is 6.94. The molecule has 0 saturated heterocycles. The second kappa shape index (κ2) is 7.19. The highest BCUT2D eigenvalue weighted by molar-refractivity contribution is 6.33. The summed E-state index contributed by atoms with van der Waals surface area (Å²) in [6.45, 7) is 5.19. The lowest BCUT2D eigenvalue weighted by Crippen LogP contribution is -2.11. The molecule has 0 amide bonds. The lowest BCUT2D eigenvalue weighted by atomic mass is 10.1. The SMILES string of the molecule is COCCNc1nncc(Nc2c(C)cc(C)cc2Cl)n1. The number of hydrogen-bond donors (Lipinski definition) is 2. The summed E-state index contributed by atoms with van der Waals surface area (Å²) in [5.74, 6) is 1.02. The summed E-state index contributed by atoms with van der Waals surface area (Å²) in [4.78, 5) is 4.33. The molecule has 112 valence electrons. The normalized spacial score (nSPS) is 10.5. The Morgan fingerprint density at radius 1 is 1.29 bits per heavy atom. The zero-order chi connectivity index (χ0) is 15.2. The summed E-state index contributed by atoms with van der Waals surface area (Å²) < 4.78 is 4.96. The van der Waals surface area contributed by atoms with Crippen molar-refractivity contribution < 1.29 is 4.74 Å². The van der Waals surface area contributed by atoms with Crippen LogP contribution in [0, 0.1) is 13.8 Å². The molecule has 0 aliphatic rings. The monoisotopic (exact) mass is 307 g/mol. The van der Waals surface area contributed by atoms with E-state index in [0.29, 0.717) is 29.9 Å². The van der Waals surface area contributed by atoms with Crippen LogP contribution in [0.1, 0.15) is 11.1 Å². The first-order valence-electron chi connectivity index (χ1n) is 6.56. The standard InChI is InChI=1S/C14H18ClN5O/c1-9-6-10(2)13(11(15)7-9)18-12-8-17-20-14(19-12)16-4-5-21-3/h6-8H,4-5H2,1-3H3,(H2,16,18,19,20). The molecule has 0 atom stereocenters. The van der Waals surface area contributed by atoms with Gasteiger partial charge in [0.25, 0.3) is 0 Å². The zero-order valence-corrected chi connectivity index (χ0v) is 13.0. The number of benzene rings is 1. The molecule has 0 aliphatic heterocycles. The van der Waals surface area contributed by atoms with Crippen LogP contribution in [0.4, 0.5) is 17.5 Å². The number of hydrogen-bond acceptors (Lipinski definition) is 6. The lowest BCUT2D eigenvalue weighted by Gasteiger charge is -2.12. The van der Waals surface area contributed by atoms with Gasteiger partial charge in [0.1, 0.15) is 0 Å². The van der Waals surface area contributed by atoms with Crippen molar-refractivity contribution in [2.45, 2.75) is 13.8 Å². The van der Waals surface area contributed by atoms with Crippen molar-refractivity contribution in [2.75, 3.05) is 30.9 Å². The maximum absolute atomic E-state index is 6.27. The Morgan fingerprint density at radius 3 is 2.81 bits per heavy atom. The van der Waals surface area contributed by atoms with Crippen molar-refractivity contribution in [3.05, 3.63) is 34.5 Å². The molecule has 7 heteroatoms. The Hall–Kier alpha value is -1.92. The maximum atomic E-state index is 6.27. The minimum atomic E-state index is 0.443. The average molecular weight is 308 g/mol. The first-order chi connectivity index (χ1) is 10.1. The molecule has 0 spiro atoms. The van der Waals surface area contributed by atoms with Crippen LogP contribution in [0.25, 0.3) is 0 Å². The highest BCUT2D eigenvalue weighted by Gasteiger charge is 2.07. The van der Waals surface area contributed by atoms with E-state index in [4.69, 9.17) is 16.3 Å². The highest BCUT2D eigenvalue weighted by Crippen LogP contribution is 2.29. The van der Waals surface area contributed by atoms with E-state index in [1.165, 1.54) is 0 Å². The van der Waals surface area contributed by atoms with E-state index in [-0.39, 0.29) is 0 Å². The van der Waals surface area contributed by atoms with Gasteiger partial charge in [0.05, 0.1) is 23.5 Å². The molecule has 1 aromatic carbocycles. The highest BCUT2D eigenvalue weighted by atomic mass is 35.5. The van der Waals surface area contributed by atoms with Crippen LogP contribution in [0.5, 0.6) is 0 Å². The molecule has 0 saturated carbocycles. The summed E-state index contributed by atoms with van der Waals surface area (Å²) >= 11 is 6.27. The van der Waals surface area contributed by atoms with Gasteiger partial charge in [-0.25, -0.2) is 0 Å². The molecule has 0 fully saturated rings. The van der Waals surface area contributed by atoms with Crippen molar-refractivity contribution in [3.63, 3.8) is 0 Å². The van der Waals surface area contributed by atoms with Crippen molar-refractivity contribution in [1.82, 2.24) is 15.2 Å². The number of aromatic nitrogens is 3. The molecule has 2 N–H and O–H groups in total. The second-order valence-corrected chi connectivity index (χ2v) is 5.06. The van der Waals surface area contributed by atoms with Gasteiger partial charge in [-0.15, -0.1) is 5.10 Å². The third-order valence-corrected chi connectivity index (χ3v) is 3.13. The number of methoxy groups -OCH3 is 1.